The van der Waals surface area contributed by atoms with Gasteiger partial charge in [-0.1, -0.05) is 48.5 Å². The Bertz CT molecular complexity index is 1080. The Kier molecular flexibility index (Phi) is 7.95. The van der Waals surface area contributed by atoms with Gasteiger partial charge in [-0.2, -0.15) is 0 Å². The van der Waals surface area contributed by atoms with E-state index < -0.39 is 29.4 Å². The number of carbonyl (C=O) groups is 3. The van der Waals surface area contributed by atoms with Gasteiger partial charge in [-0.05, 0) is 49.4 Å². The first-order valence-electron chi connectivity index (χ1n) is 11.3. The largest absolute Gasteiger partial charge is 0.481 e. The molecule has 1 aliphatic rings. The van der Waals surface area contributed by atoms with Crippen molar-refractivity contribution in [1.82, 2.24) is 10.6 Å². The van der Waals surface area contributed by atoms with Gasteiger partial charge in [-0.3, -0.25) is 9.59 Å². The molecule has 2 aromatic rings. The second kappa shape index (κ2) is 10.9. The number of alkyl carbamates (subject to hydrolysis) is 1. The predicted octanol–water partition coefficient (Wildman–Crippen LogP) is 3.92. The lowest BCUT2D eigenvalue weighted by molar-refractivity contribution is -0.147. The molecule has 7 heteroatoms. The third kappa shape index (κ3) is 5.76. The molecule has 3 rings (SSSR count). The molecule has 1 aliphatic carbocycles. The summed E-state index contributed by atoms with van der Waals surface area (Å²) in [5, 5.41) is 14.5. The lowest BCUT2D eigenvalue weighted by atomic mass is 9.89. The molecule has 2 aromatic carbocycles. The number of aliphatic carboxylic acids is 1. The van der Waals surface area contributed by atoms with Crippen molar-refractivity contribution in [2.45, 2.75) is 45.6 Å². The molecular weight excluding hydrogens is 432 g/mol. The topological polar surface area (TPSA) is 105 Å². The van der Waals surface area contributed by atoms with Crippen LogP contribution in [0.25, 0.3) is 11.1 Å². The highest BCUT2D eigenvalue weighted by molar-refractivity contribution is 5.86. The molecule has 0 heterocycles. The Morgan fingerprint density at radius 3 is 2.21 bits per heavy atom. The fourth-order valence-corrected chi connectivity index (χ4v) is 3.92. The minimum Gasteiger partial charge on any atom is -0.481 e. The lowest BCUT2D eigenvalue weighted by Crippen LogP contribution is -2.47. The average molecular weight is 463 g/mol. The Balaban J connectivity index is 1.60. The van der Waals surface area contributed by atoms with E-state index in [2.05, 4.69) is 34.6 Å². The molecule has 1 atom stereocenters. The molecule has 0 aromatic heterocycles. The third-order valence-electron chi connectivity index (χ3n) is 6.06. The SMILES string of the molecule is CC#CCC(NC(=O)OCC1c2ccccc2-c2ccccc21)C(=O)NCCC(C)(C)C(=O)O. The molecule has 1 unspecified atom stereocenters. The van der Waals surface area contributed by atoms with Gasteiger partial charge < -0.3 is 20.5 Å². The van der Waals surface area contributed by atoms with Crippen LogP contribution in [0.3, 0.4) is 0 Å². The van der Waals surface area contributed by atoms with Crippen molar-refractivity contribution in [3.63, 3.8) is 0 Å². The molecular formula is C27H30N2O5. The van der Waals surface area contributed by atoms with Crippen LogP contribution in [0.2, 0.25) is 0 Å². The van der Waals surface area contributed by atoms with E-state index in [0.29, 0.717) is 0 Å². The van der Waals surface area contributed by atoms with Gasteiger partial charge in [0.2, 0.25) is 5.91 Å². The van der Waals surface area contributed by atoms with Crippen molar-refractivity contribution in [2.75, 3.05) is 13.2 Å². The molecule has 0 bridgehead atoms. The minimum absolute atomic E-state index is 0.0842. The molecule has 0 saturated carbocycles. The quantitative estimate of drug-likeness (QED) is 0.490. The van der Waals surface area contributed by atoms with E-state index in [1.807, 2.05) is 36.4 Å². The van der Waals surface area contributed by atoms with E-state index in [4.69, 9.17) is 4.74 Å². The molecule has 7 nitrogen and oxygen atoms in total. The summed E-state index contributed by atoms with van der Waals surface area (Å²) in [5.74, 6) is 4.07. The molecule has 0 fully saturated rings. The first kappa shape index (κ1) is 24.8. The number of carbonyl (C=O) groups excluding carboxylic acids is 2. The first-order chi connectivity index (χ1) is 16.2. The van der Waals surface area contributed by atoms with Gasteiger partial charge in [0.1, 0.15) is 12.6 Å². The first-order valence-corrected chi connectivity index (χ1v) is 11.3. The molecule has 0 radical (unpaired) electrons. The molecule has 0 spiro atoms. The number of benzene rings is 2. The van der Waals surface area contributed by atoms with E-state index in [9.17, 15) is 19.5 Å². The van der Waals surface area contributed by atoms with Crippen molar-refractivity contribution in [1.29, 1.82) is 0 Å². The normalized spacial score (nSPS) is 13.0. The number of carboxylic acids is 1. The second-order valence-electron chi connectivity index (χ2n) is 8.88. The number of hydrogen-bond donors (Lipinski definition) is 3. The highest BCUT2D eigenvalue weighted by atomic mass is 16.5. The van der Waals surface area contributed by atoms with Crippen LogP contribution in [0, 0.1) is 17.3 Å². The predicted molar refractivity (Wildman–Crippen MR) is 129 cm³/mol. The fraction of sp³-hybridized carbons (Fsp3) is 0.370. The van der Waals surface area contributed by atoms with Gasteiger partial charge in [0.05, 0.1) is 5.41 Å². The number of amides is 2. The number of carboxylic acid groups (broad SMARTS) is 1. The molecule has 2 amide bonds. The van der Waals surface area contributed by atoms with Gasteiger partial charge in [-0.15, -0.1) is 11.8 Å². The van der Waals surface area contributed by atoms with Gasteiger partial charge in [0.15, 0.2) is 0 Å². The van der Waals surface area contributed by atoms with Crippen molar-refractivity contribution >= 4 is 18.0 Å². The summed E-state index contributed by atoms with van der Waals surface area (Å²) < 4.78 is 5.53. The summed E-state index contributed by atoms with van der Waals surface area (Å²) in [6, 6.07) is 15.2. The van der Waals surface area contributed by atoms with Crippen LogP contribution >= 0.6 is 0 Å². The maximum atomic E-state index is 12.6. The Morgan fingerprint density at radius 1 is 1.06 bits per heavy atom. The smallest absolute Gasteiger partial charge is 0.407 e. The van der Waals surface area contributed by atoms with Gasteiger partial charge in [-0.25, -0.2) is 4.79 Å². The highest BCUT2D eigenvalue weighted by Gasteiger charge is 2.30. The monoisotopic (exact) mass is 462 g/mol. The number of hydrogen-bond acceptors (Lipinski definition) is 4. The van der Waals surface area contributed by atoms with Crippen molar-refractivity contribution < 1.29 is 24.2 Å². The van der Waals surface area contributed by atoms with Crippen molar-refractivity contribution in [3.05, 3.63) is 59.7 Å². The summed E-state index contributed by atoms with van der Waals surface area (Å²) in [5.41, 5.74) is 3.50. The van der Waals surface area contributed by atoms with Crippen LogP contribution < -0.4 is 10.6 Å². The molecule has 0 aliphatic heterocycles. The van der Waals surface area contributed by atoms with Gasteiger partial charge in [0, 0.05) is 18.9 Å². The number of ether oxygens (including phenoxy) is 1. The maximum Gasteiger partial charge on any atom is 0.407 e. The van der Waals surface area contributed by atoms with Crippen LogP contribution in [0.4, 0.5) is 4.79 Å². The second-order valence-corrected chi connectivity index (χ2v) is 8.88. The summed E-state index contributed by atoms with van der Waals surface area (Å²) in [7, 11) is 0. The van der Waals surface area contributed by atoms with E-state index in [1.165, 1.54) is 0 Å². The summed E-state index contributed by atoms with van der Waals surface area (Å²) in [6.07, 6.45) is -0.328. The van der Waals surface area contributed by atoms with E-state index in [-0.39, 0.29) is 31.9 Å². The fourth-order valence-electron chi connectivity index (χ4n) is 3.92. The third-order valence-corrected chi connectivity index (χ3v) is 6.06. The van der Waals surface area contributed by atoms with Crippen LogP contribution in [0.5, 0.6) is 0 Å². The zero-order valence-corrected chi connectivity index (χ0v) is 19.7. The van der Waals surface area contributed by atoms with Gasteiger partial charge >= 0.3 is 12.1 Å². The average Bonchev–Trinajstić information content (AvgIpc) is 3.14. The molecule has 34 heavy (non-hydrogen) atoms. The van der Waals surface area contributed by atoms with E-state index >= 15 is 0 Å². The van der Waals surface area contributed by atoms with Crippen molar-refractivity contribution in [3.8, 4) is 23.0 Å². The minimum atomic E-state index is -0.966. The Morgan fingerprint density at radius 2 is 1.65 bits per heavy atom. The molecule has 178 valence electrons. The zero-order chi connectivity index (χ0) is 24.7. The van der Waals surface area contributed by atoms with Crippen LogP contribution in [-0.2, 0) is 14.3 Å². The van der Waals surface area contributed by atoms with Crippen molar-refractivity contribution in [2.24, 2.45) is 5.41 Å². The maximum absolute atomic E-state index is 12.6. The summed E-state index contributed by atoms with van der Waals surface area (Å²) in [4.78, 5) is 36.5. The van der Waals surface area contributed by atoms with E-state index in [0.717, 1.165) is 22.3 Å². The van der Waals surface area contributed by atoms with Crippen LogP contribution in [0.1, 0.15) is 50.7 Å². The molecule has 0 saturated heterocycles. The standard InChI is InChI=1S/C27H30N2O5/c1-4-5-14-23(24(30)28-16-15-27(2,3)25(31)32)29-26(33)34-17-22-20-12-8-6-10-18(20)19-11-7-9-13-21(19)22/h6-13,22-23H,14-17H2,1-3H3,(H,28,30)(H,29,33)(H,31,32). The summed E-state index contributed by atoms with van der Waals surface area (Å²) in [6.45, 7) is 5.14. The Labute approximate surface area is 199 Å². The van der Waals surface area contributed by atoms with Crippen LogP contribution in [0.15, 0.2) is 48.5 Å². The molecule has 3 N–H and O–H groups in total. The number of fused-ring (bicyclic) bond motifs is 3. The van der Waals surface area contributed by atoms with Crippen LogP contribution in [-0.4, -0.2) is 42.3 Å². The Hall–Kier alpha value is -3.79. The van der Waals surface area contributed by atoms with E-state index in [1.54, 1.807) is 20.8 Å². The number of nitrogens with one attached hydrogen (secondary N) is 2. The van der Waals surface area contributed by atoms with Gasteiger partial charge in [0.25, 0.3) is 0 Å². The summed E-state index contributed by atoms with van der Waals surface area (Å²) >= 11 is 0. The zero-order valence-electron chi connectivity index (χ0n) is 19.7. The highest BCUT2D eigenvalue weighted by Crippen LogP contribution is 2.44. The number of rotatable bonds is 9. The lowest BCUT2D eigenvalue weighted by Gasteiger charge is -2.21.